The van der Waals surface area contributed by atoms with E-state index in [2.05, 4.69) is 10.7 Å². The van der Waals surface area contributed by atoms with Gasteiger partial charge in [0.05, 0.1) is 11.0 Å². The maximum Gasteiger partial charge on any atom is 0.330 e. The highest BCUT2D eigenvalue weighted by Crippen LogP contribution is 2.17. The summed E-state index contributed by atoms with van der Waals surface area (Å²) in [5, 5.41) is 12.9. The van der Waals surface area contributed by atoms with Crippen molar-refractivity contribution in [2.75, 3.05) is 6.54 Å². The van der Waals surface area contributed by atoms with Crippen LogP contribution >= 0.6 is 0 Å². The fraction of sp³-hybridized carbons (Fsp3) is 0.429. The van der Waals surface area contributed by atoms with E-state index in [1.807, 2.05) is 13.8 Å². The Kier molecular flexibility index (Phi) is 7.10. The predicted octanol–water partition coefficient (Wildman–Crippen LogP) is 0.494. The van der Waals surface area contributed by atoms with E-state index in [9.17, 15) is 19.7 Å². The van der Waals surface area contributed by atoms with Crippen molar-refractivity contribution in [3.8, 4) is 5.75 Å². The Morgan fingerprint density at radius 3 is 2.39 bits per heavy atom. The molecule has 0 aliphatic heterocycles. The molecule has 0 heterocycles. The molecule has 0 aliphatic carbocycles. The van der Waals surface area contributed by atoms with Gasteiger partial charge in [-0.2, -0.15) is 0 Å². The normalized spacial score (nSPS) is 11.8. The number of carbonyl (C=O) groups excluding carboxylic acids is 2. The van der Waals surface area contributed by atoms with E-state index in [1.54, 1.807) is 0 Å². The summed E-state index contributed by atoms with van der Waals surface area (Å²) in [6, 6.07) is 4.46. The molecule has 1 amide bonds. The molecule has 0 spiro atoms. The zero-order valence-corrected chi connectivity index (χ0v) is 12.9. The zero-order chi connectivity index (χ0) is 17.4. The van der Waals surface area contributed by atoms with Crippen LogP contribution in [0, 0.1) is 16.0 Å². The molecular weight excluding hydrogens is 304 g/mol. The highest BCUT2D eigenvalue weighted by molar-refractivity contribution is 5.86. The monoisotopic (exact) mass is 324 g/mol. The number of non-ortho nitro benzene ring substituents is 1. The second kappa shape index (κ2) is 8.81. The minimum atomic E-state index is -0.687. The van der Waals surface area contributed by atoms with E-state index in [1.165, 1.54) is 24.3 Å². The highest BCUT2D eigenvalue weighted by atomic mass is 16.6. The van der Waals surface area contributed by atoms with Gasteiger partial charge in [0.2, 0.25) is 5.91 Å². The van der Waals surface area contributed by atoms with Crippen LogP contribution in [0.5, 0.6) is 5.75 Å². The van der Waals surface area contributed by atoms with Gasteiger partial charge in [-0.05, 0) is 24.5 Å². The van der Waals surface area contributed by atoms with Gasteiger partial charge in [-0.15, -0.1) is 0 Å². The van der Waals surface area contributed by atoms with Crippen molar-refractivity contribution in [1.82, 2.24) is 10.7 Å². The molecule has 1 aromatic rings. The maximum absolute atomic E-state index is 11.8. The van der Waals surface area contributed by atoms with Crippen LogP contribution in [0.15, 0.2) is 24.3 Å². The Morgan fingerprint density at radius 1 is 1.30 bits per heavy atom. The third-order valence-electron chi connectivity index (χ3n) is 2.91. The molecule has 23 heavy (non-hydrogen) atoms. The number of esters is 1. The van der Waals surface area contributed by atoms with Gasteiger partial charge < -0.3 is 10.1 Å². The molecule has 126 valence electrons. The molecule has 0 aromatic heterocycles. The first-order valence-electron chi connectivity index (χ1n) is 7.02. The Morgan fingerprint density at radius 2 is 1.91 bits per heavy atom. The van der Waals surface area contributed by atoms with Crippen molar-refractivity contribution in [2.45, 2.75) is 26.3 Å². The molecule has 1 atom stereocenters. The number of nitrogens with zero attached hydrogens (tertiary/aromatic N) is 1. The molecule has 9 nitrogen and oxygen atoms in total. The Hall–Kier alpha value is -2.52. The van der Waals surface area contributed by atoms with Crippen LogP contribution in [0.3, 0.4) is 0 Å². The topological polar surface area (TPSA) is 137 Å². The number of ether oxygens (including phenoxy) is 1. The molecule has 1 aromatic carbocycles. The number of nitro groups is 1. The average molecular weight is 324 g/mol. The van der Waals surface area contributed by atoms with E-state index in [0.717, 1.165) is 0 Å². The molecule has 0 fully saturated rings. The fourth-order valence-corrected chi connectivity index (χ4v) is 1.81. The number of benzene rings is 1. The second-order valence-corrected chi connectivity index (χ2v) is 5.29. The summed E-state index contributed by atoms with van der Waals surface area (Å²) in [7, 11) is 0. The van der Waals surface area contributed by atoms with Crippen LogP contribution in [0.1, 0.15) is 20.3 Å². The molecule has 0 unspecified atom stereocenters. The lowest BCUT2D eigenvalue weighted by molar-refractivity contribution is -0.384. The zero-order valence-electron chi connectivity index (χ0n) is 12.9. The summed E-state index contributed by atoms with van der Waals surface area (Å²) in [6.07, 6.45) is 0.528. The minimum Gasteiger partial charge on any atom is -0.425 e. The first-order valence-corrected chi connectivity index (χ1v) is 7.02. The SMILES string of the molecule is CC(C)C[C@H](NN)C(=O)NCC(=O)Oc1ccc([N+](=O)[O-])cc1. The molecule has 4 N–H and O–H groups in total. The van der Waals surface area contributed by atoms with E-state index >= 15 is 0 Å². The number of amides is 1. The van der Waals surface area contributed by atoms with Crippen LogP contribution in [0.4, 0.5) is 5.69 Å². The van der Waals surface area contributed by atoms with Crippen LogP contribution in [0.25, 0.3) is 0 Å². The van der Waals surface area contributed by atoms with Gasteiger partial charge in [0.25, 0.3) is 5.69 Å². The van der Waals surface area contributed by atoms with E-state index in [-0.39, 0.29) is 23.9 Å². The van der Waals surface area contributed by atoms with E-state index in [0.29, 0.717) is 6.42 Å². The van der Waals surface area contributed by atoms with Gasteiger partial charge in [0, 0.05) is 12.1 Å². The number of rotatable bonds is 8. The fourth-order valence-electron chi connectivity index (χ4n) is 1.81. The molecule has 9 heteroatoms. The molecule has 0 aliphatic rings. The maximum atomic E-state index is 11.8. The first kappa shape index (κ1) is 18.5. The summed E-state index contributed by atoms with van der Waals surface area (Å²) in [4.78, 5) is 33.5. The number of nitro benzene ring substituents is 1. The van der Waals surface area contributed by atoms with Crippen molar-refractivity contribution in [3.05, 3.63) is 34.4 Å². The summed E-state index contributed by atoms with van der Waals surface area (Å²) < 4.78 is 4.97. The minimum absolute atomic E-state index is 0.108. The van der Waals surface area contributed by atoms with Gasteiger partial charge in [-0.3, -0.25) is 20.8 Å². The predicted molar refractivity (Wildman–Crippen MR) is 82.3 cm³/mol. The van der Waals surface area contributed by atoms with Gasteiger partial charge >= 0.3 is 5.97 Å². The molecule has 0 bridgehead atoms. The molecule has 0 radical (unpaired) electrons. The smallest absolute Gasteiger partial charge is 0.330 e. The van der Waals surface area contributed by atoms with Crippen LogP contribution < -0.4 is 21.3 Å². The van der Waals surface area contributed by atoms with E-state index < -0.39 is 22.8 Å². The number of hydrogen-bond donors (Lipinski definition) is 3. The number of nitrogens with one attached hydrogen (secondary N) is 2. The Balaban J connectivity index is 2.47. The van der Waals surface area contributed by atoms with Crippen LogP contribution in [-0.2, 0) is 9.59 Å². The molecule has 1 rings (SSSR count). The summed E-state index contributed by atoms with van der Waals surface area (Å²) in [5.41, 5.74) is 2.29. The molecule has 0 saturated heterocycles. The first-order chi connectivity index (χ1) is 10.8. The second-order valence-electron chi connectivity index (χ2n) is 5.29. The van der Waals surface area contributed by atoms with Gasteiger partial charge in [0.15, 0.2) is 0 Å². The number of hydrogen-bond acceptors (Lipinski definition) is 7. The lowest BCUT2D eigenvalue weighted by Gasteiger charge is -2.17. The molecule has 0 saturated carbocycles. The van der Waals surface area contributed by atoms with Crippen molar-refractivity contribution >= 4 is 17.6 Å². The largest absolute Gasteiger partial charge is 0.425 e. The van der Waals surface area contributed by atoms with Crippen molar-refractivity contribution in [3.63, 3.8) is 0 Å². The summed E-state index contributed by atoms with van der Waals surface area (Å²) in [5.74, 6) is 4.64. The average Bonchev–Trinajstić information content (AvgIpc) is 2.50. The lowest BCUT2D eigenvalue weighted by Crippen LogP contribution is -2.49. The molecular formula is C14H20N4O5. The van der Waals surface area contributed by atoms with Gasteiger partial charge in [-0.25, -0.2) is 10.2 Å². The van der Waals surface area contributed by atoms with Crippen LogP contribution in [0.2, 0.25) is 0 Å². The quantitative estimate of drug-likeness (QED) is 0.208. The van der Waals surface area contributed by atoms with Gasteiger partial charge in [0.1, 0.15) is 12.3 Å². The number of nitrogens with two attached hydrogens (primary N) is 1. The standard InChI is InChI=1S/C14H20N4O5/c1-9(2)7-12(17-15)14(20)16-8-13(19)23-11-5-3-10(4-6-11)18(21)22/h3-6,9,12,17H,7-8,15H2,1-2H3,(H,16,20)/t12-/m0/s1. The van der Waals surface area contributed by atoms with Crippen LogP contribution in [-0.4, -0.2) is 29.4 Å². The van der Waals surface area contributed by atoms with Gasteiger partial charge in [-0.1, -0.05) is 13.8 Å². The Bertz CT molecular complexity index is 559. The Labute approximate surface area is 133 Å². The number of carbonyl (C=O) groups is 2. The number of hydrazine groups is 1. The van der Waals surface area contributed by atoms with E-state index in [4.69, 9.17) is 10.6 Å². The lowest BCUT2D eigenvalue weighted by atomic mass is 10.0. The van der Waals surface area contributed by atoms with Crippen molar-refractivity contribution in [2.24, 2.45) is 11.8 Å². The highest BCUT2D eigenvalue weighted by Gasteiger charge is 2.19. The van der Waals surface area contributed by atoms with Crippen molar-refractivity contribution in [1.29, 1.82) is 0 Å². The third kappa shape index (κ3) is 6.41. The summed E-state index contributed by atoms with van der Waals surface area (Å²) in [6.45, 7) is 3.56. The van der Waals surface area contributed by atoms with Crippen molar-refractivity contribution < 1.29 is 19.2 Å². The summed E-state index contributed by atoms with van der Waals surface area (Å²) >= 11 is 0. The third-order valence-corrected chi connectivity index (χ3v) is 2.91.